The topological polar surface area (TPSA) is 26.3 Å². The first-order valence-electron chi connectivity index (χ1n) is 5.24. The van der Waals surface area contributed by atoms with Crippen LogP contribution in [0.1, 0.15) is 32.3 Å². The molecule has 0 N–H and O–H groups in total. The second-order valence-corrected chi connectivity index (χ2v) is 4.02. The first-order chi connectivity index (χ1) is 7.07. The van der Waals surface area contributed by atoms with Crippen molar-refractivity contribution in [2.45, 2.75) is 26.7 Å². The van der Waals surface area contributed by atoms with E-state index in [4.69, 9.17) is 4.74 Å². The maximum Gasteiger partial charge on any atom is 0.142 e. The highest BCUT2D eigenvalue weighted by atomic mass is 16.5. The van der Waals surface area contributed by atoms with Crippen LogP contribution in [0.15, 0.2) is 24.3 Å². The third kappa shape index (κ3) is 2.58. The zero-order valence-electron chi connectivity index (χ0n) is 9.78. The molecular weight excluding hydrogens is 188 g/mol. The van der Waals surface area contributed by atoms with Crippen LogP contribution < -0.4 is 4.74 Å². The van der Waals surface area contributed by atoms with Gasteiger partial charge in [-0.15, -0.1) is 0 Å². The Hall–Kier alpha value is -1.31. The molecule has 1 aromatic rings. The van der Waals surface area contributed by atoms with Gasteiger partial charge in [0, 0.05) is 17.4 Å². The first kappa shape index (κ1) is 11.8. The summed E-state index contributed by atoms with van der Waals surface area (Å²) in [5.41, 5.74) is 0.971. The van der Waals surface area contributed by atoms with Crippen LogP contribution >= 0.6 is 0 Å². The average Bonchev–Trinajstić information content (AvgIpc) is 2.26. The van der Waals surface area contributed by atoms with Crippen molar-refractivity contribution in [3.05, 3.63) is 29.8 Å². The standard InChI is InChI=1S/C13H18O2/c1-9(2)13(14)10(3)11-7-5-6-8-12(11)15-4/h5-10H,1-4H3. The van der Waals surface area contributed by atoms with Gasteiger partial charge < -0.3 is 4.74 Å². The van der Waals surface area contributed by atoms with Crippen molar-refractivity contribution in [2.75, 3.05) is 7.11 Å². The van der Waals surface area contributed by atoms with E-state index >= 15 is 0 Å². The number of hydrogen-bond donors (Lipinski definition) is 0. The second kappa shape index (κ2) is 4.96. The van der Waals surface area contributed by atoms with E-state index in [0.29, 0.717) is 0 Å². The number of Topliss-reactive ketones (excluding diaryl/α,β-unsaturated/α-hetero) is 1. The number of hydrogen-bond acceptors (Lipinski definition) is 2. The van der Waals surface area contributed by atoms with Crippen LogP contribution in [0, 0.1) is 5.92 Å². The highest BCUT2D eigenvalue weighted by Gasteiger charge is 2.20. The molecule has 82 valence electrons. The molecule has 0 saturated heterocycles. The molecule has 2 heteroatoms. The van der Waals surface area contributed by atoms with Gasteiger partial charge in [0.2, 0.25) is 0 Å². The zero-order valence-corrected chi connectivity index (χ0v) is 9.78. The number of benzene rings is 1. The molecule has 0 aliphatic heterocycles. The van der Waals surface area contributed by atoms with Crippen LogP contribution in [-0.4, -0.2) is 12.9 Å². The molecule has 0 aliphatic rings. The summed E-state index contributed by atoms with van der Waals surface area (Å²) in [6.45, 7) is 5.78. The van der Waals surface area contributed by atoms with Gasteiger partial charge in [0.25, 0.3) is 0 Å². The minimum absolute atomic E-state index is 0.0601. The van der Waals surface area contributed by atoms with Crippen molar-refractivity contribution in [2.24, 2.45) is 5.92 Å². The molecule has 0 aliphatic carbocycles. The molecule has 0 aromatic heterocycles. The predicted molar refractivity (Wildman–Crippen MR) is 61.3 cm³/mol. The highest BCUT2D eigenvalue weighted by molar-refractivity contribution is 5.87. The number of methoxy groups -OCH3 is 1. The van der Waals surface area contributed by atoms with Crippen LogP contribution in [0.3, 0.4) is 0 Å². The number of rotatable bonds is 4. The number of para-hydroxylation sites is 1. The van der Waals surface area contributed by atoms with Crippen LogP contribution in [-0.2, 0) is 4.79 Å². The Labute approximate surface area is 91.3 Å². The van der Waals surface area contributed by atoms with E-state index in [1.54, 1.807) is 7.11 Å². The summed E-state index contributed by atoms with van der Waals surface area (Å²) in [7, 11) is 1.63. The molecule has 0 amide bonds. The molecule has 1 rings (SSSR count). The highest BCUT2D eigenvalue weighted by Crippen LogP contribution is 2.28. The minimum Gasteiger partial charge on any atom is -0.496 e. The monoisotopic (exact) mass is 206 g/mol. The van der Waals surface area contributed by atoms with Gasteiger partial charge in [0.15, 0.2) is 0 Å². The minimum atomic E-state index is -0.0962. The maximum atomic E-state index is 11.9. The third-order valence-corrected chi connectivity index (χ3v) is 2.60. The van der Waals surface area contributed by atoms with E-state index in [1.165, 1.54) is 0 Å². The fraction of sp³-hybridized carbons (Fsp3) is 0.462. The maximum absolute atomic E-state index is 11.9. The molecule has 1 aromatic carbocycles. The van der Waals surface area contributed by atoms with Crippen LogP contribution in [0.2, 0.25) is 0 Å². The molecule has 0 bridgehead atoms. The van der Waals surface area contributed by atoms with Crippen LogP contribution in [0.25, 0.3) is 0 Å². The molecule has 0 spiro atoms. The van der Waals surface area contributed by atoms with Crippen LogP contribution in [0.5, 0.6) is 5.75 Å². The van der Waals surface area contributed by atoms with E-state index in [-0.39, 0.29) is 17.6 Å². The second-order valence-electron chi connectivity index (χ2n) is 4.02. The van der Waals surface area contributed by atoms with Gasteiger partial charge in [0.1, 0.15) is 11.5 Å². The van der Waals surface area contributed by atoms with Gasteiger partial charge in [-0.1, -0.05) is 39.0 Å². The SMILES string of the molecule is COc1ccccc1C(C)C(=O)C(C)C. The molecule has 1 atom stereocenters. The molecule has 0 saturated carbocycles. The third-order valence-electron chi connectivity index (χ3n) is 2.60. The Morgan fingerprint density at radius 3 is 2.33 bits per heavy atom. The molecule has 1 unspecified atom stereocenters. The quantitative estimate of drug-likeness (QED) is 0.757. The summed E-state index contributed by atoms with van der Waals surface area (Å²) in [4.78, 5) is 11.9. The normalized spacial score (nSPS) is 12.6. The van der Waals surface area contributed by atoms with Gasteiger partial charge in [-0.05, 0) is 6.07 Å². The van der Waals surface area contributed by atoms with E-state index < -0.39 is 0 Å². The Morgan fingerprint density at radius 1 is 1.20 bits per heavy atom. The molecular formula is C13H18O2. The van der Waals surface area contributed by atoms with E-state index in [1.807, 2.05) is 45.0 Å². The van der Waals surface area contributed by atoms with Gasteiger partial charge >= 0.3 is 0 Å². The Morgan fingerprint density at radius 2 is 1.80 bits per heavy atom. The average molecular weight is 206 g/mol. The summed E-state index contributed by atoms with van der Waals surface area (Å²) in [6, 6.07) is 7.68. The number of ketones is 1. The lowest BCUT2D eigenvalue weighted by molar-refractivity contribution is -0.123. The summed E-state index contributed by atoms with van der Waals surface area (Å²) < 4.78 is 5.24. The number of carbonyl (C=O) groups excluding carboxylic acids is 1. The zero-order chi connectivity index (χ0) is 11.4. The molecule has 0 radical (unpaired) electrons. The Bertz CT molecular complexity index is 342. The Balaban J connectivity index is 3.00. The van der Waals surface area contributed by atoms with Crippen molar-refractivity contribution >= 4 is 5.78 Å². The smallest absolute Gasteiger partial charge is 0.142 e. The van der Waals surface area contributed by atoms with Crippen molar-refractivity contribution in [1.82, 2.24) is 0 Å². The van der Waals surface area contributed by atoms with Gasteiger partial charge in [-0.3, -0.25) is 4.79 Å². The number of ether oxygens (including phenoxy) is 1. The van der Waals surface area contributed by atoms with Crippen molar-refractivity contribution in [3.8, 4) is 5.75 Å². The summed E-state index contributed by atoms with van der Waals surface area (Å²) in [5.74, 6) is 1.00. The summed E-state index contributed by atoms with van der Waals surface area (Å²) >= 11 is 0. The largest absolute Gasteiger partial charge is 0.496 e. The van der Waals surface area contributed by atoms with Crippen molar-refractivity contribution in [3.63, 3.8) is 0 Å². The fourth-order valence-corrected chi connectivity index (χ4v) is 1.68. The lowest BCUT2D eigenvalue weighted by Gasteiger charge is -2.16. The predicted octanol–water partition coefficient (Wildman–Crippen LogP) is 3.02. The molecule has 0 heterocycles. The Kier molecular flexibility index (Phi) is 3.89. The van der Waals surface area contributed by atoms with Gasteiger partial charge in [-0.2, -0.15) is 0 Å². The van der Waals surface area contributed by atoms with Gasteiger partial charge in [-0.25, -0.2) is 0 Å². The van der Waals surface area contributed by atoms with Crippen molar-refractivity contribution < 1.29 is 9.53 Å². The first-order valence-corrected chi connectivity index (χ1v) is 5.24. The lowest BCUT2D eigenvalue weighted by Crippen LogP contribution is -2.15. The van der Waals surface area contributed by atoms with E-state index in [9.17, 15) is 4.79 Å². The summed E-state index contributed by atoms with van der Waals surface area (Å²) in [5, 5.41) is 0. The van der Waals surface area contributed by atoms with Crippen LogP contribution in [0.4, 0.5) is 0 Å². The van der Waals surface area contributed by atoms with E-state index in [0.717, 1.165) is 11.3 Å². The van der Waals surface area contributed by atoms with Crippen molar-refractivity contribution in [1.29, 1.82) is 0 Å². The molecule has 2 nitrogen and oxygen atoms in total. The fourth-order valence-electron chi connectivity index (χ4n) is 1.68. The lowest BCUT2D eigenvalue weighted by atomic mass is 9.90. The summed E-state index contributed by atoms with van der Waals surface area (Å²) in [6.07, 6.45) is 0. The molecule has 15 heavy (non-hydrogen) atoms. The number of carbonyl (C=O) groups is 1. The van der Waals surface area contributed by atoms with Gasteiger partial charge in [0.05, 0.1) is 7.11 Å². The molecule has 0 fully saturated rings. The van der Waals surface area contributed by atoms with E-state index in [2.05, 4.69) is 0 Å².